The van der Waals surface area contributed by atoms with E-state index in [0.29, 0.717) is 42.4 Å². The Morgan fingerprint density at radius 3 is 2.32 bits per heavy atom. The van der Waals surface area contributed by atoms with E-state index in [1.807, 2.05) is 22.4 Å². The van der Waals surface area contributed by atoms with Gasteiger partial charge in [-0.15, -0.1) is 11.3 Å². The third-order valence-corrected chi connectivity index (χ3v) is 6.65. The van der Waals surface area contributed by atoms with E-state index in [1.165, 1.54) is 23.5 Å². The molecule has 1 fully saturated rings. The molecule has 1 amide bonds. The van der Waals surface area contributed by atoms with Crippen LogP contribution in [-0.4, -0.2) is 49.8 Å². The van der Waals surface area contributed by atoms with Crippen LogP contribution < -0.4 is 19.0 Å². The van der Waals surface area contributed by atoms with Gasteiger partial charge in [-0.3, -0.25) is 4.79 Å². The highest BCUT2D eigenvalue weighted by Gasteiger charge is 2.20. The molecule has 0 spiro atoms. The van der Waals surface area contributed by atoms with Crippen molar-refractivity contribution in [1.82, 2.24) is 9.47 Å². The molecule has 4 rings (SSSR count). The summed E-state index contributed by atoms with van der Waals surface area (Å²) in [4.78, 5) is 19.5. The van der Waals surface area contributed by atoms with Crippen molar-refractivity contribution < 1.29 is 23.4 Å². The first-order valence-electron chi connectivity index (χ1n) is 11.1. The predicted molar refractivity (Wildman–Crippen MR) is 129 cm³/mol. The van der Waals surface area contributed by atoms with E-state index in [2.05, 4.69) is 4.57 Å². The third kappa shape index (κ3) is 5.09. The van der Waals surface area contributed by atoms with Gasteiger partial charge in [0.05, 0.1) is 32.7 Å². The summed E-state index contributed by atoms with van der Waals surface area (Å²) >= 11 is 1.50. The molecular formula is C25H28FN3O4S. The molecule has 0 unspecified atom stereocenters. The molecule has 0 atom stereocenters. The van der Waals surface area contributed by atoms with Gasteiger partial charge in [-0.2, -0.15) is 0 Å². The van der Waals surface area contributed by atoms with Crippen molar-refractivity contribution >= 4 is 22.9 Å². The summed E-state index contributed by atoms with van der Waals surface area (Å²) < 4.78 is 32.0. The van der Waals surface area contributed by atoms with Crippen LogP contribution in [-0.2, 0) is 11.3 Å². The molecule has 0 aliphatic carbocycles. The van der Waals surface area contributed by atoms with Gasteiger partial charge >= 0.3 is 0 Å². The Hall–Kier alpha value is -3.33. The number of aromatic nitrogens is 1. The number of benzene rings is 2. The molecule has 2 aromatic carbocycles. The molecule has 0 N–H and O–H groups in total. The summed E-state index contributed by atoms with van der Waals surface area (Å²) in [5.41, 5.74) is 2.50. The number of hydrogen-bond donors (Lipinski definition) is 0. The van der Waals surface area contributed by atoms with E-state index in [0.717, 1.165) is 35.4 Å². The van der Waals surface area contributed by atoms with Crippen LogP contribution in [0.1, 0.15) is 19.3 Å². The van der Waals surface area contributed by atoms with Gasteiger partial charge in [0.15, 0.2) is 16.3 Å². The fourth-order valence-corrected chi connectivity index (χ4v) is 5.04. The van der Waals surface area contributed by atoms with Crippen LogP contribution in [0, 0.1) is 5.82 Å². The first-order valence-corrected chi connectivity index (χ1v) is 12.0. The maximum atomic E-state index is 13.4. The molecule has 180 valence electrons. The number of likely N-dealkylation sites (tertiary alicyclic amines) is 1. The average Bonchev–Trinajstić information content (AvgIpc) is 3.45. The third-order valence-electron chi connectivity index (χ3n) is 5.79. The molecule has 0 radical (unpaired) electrons. The fraction of sp³-hybridized carbons (Fsp3) is 0.360. The van der Waals surface area contributed by atoms with E-state index in [4.69, 9.17) is 19.2 Å². The smallest absolute Gasteiger partial charge is 0.222 e. The first-order chi connectivity index (χ1) is 16.5. The summed E-state index contributed by atoms with van der Waals surface area (Å²) in [6.45, 7) is 2.19. The molecule has 1 saturated heterocycles. The van der Waals surface area contributed by atoms with Gasteiger partial charge in [0, 0.05) is 37.0 Å². The monoisotopic (exact) mass is 485 g/mol. The Morgan fingerprint density at radius 1 is 1.03 bits per heavy atom. The molecule has 1 aliphatic heterocycles. The van der Waals surface area contributed by atoms with Crippen molar-refractivity contribution in [2.75, 3.05) is 34.4 Å². The van der Waals surface area contributed by atoms with Crippen LogP contribution in [0.4, 0.5) is 10.1 Å². The minimum Gasteiger partial charge on any atom is -0.493 e. The standard InChI is InChI=1S/C25H28FN3O4S/c1-31-21-14-17(15-22(32-2)24(21)33-3)20-16-34-25(27-19-9-7-18(26)8-10-19)29(20)13-5-12-28-11-4-6-23(28)30/h7-10,14-16H,4-6,11-13H2,1-3H3. The lowest BCUT2D eigenvalue weighted by atomic mass is 10.1. The summed E-state index contributed by atoms with van der Waals surface area (Å²) in [5.74, 6) is 1.57. The Labute approximate surface area is 202 Å². The van der Waals surface area contributed by atoms with E-state index >= 15 is 0 Å². The maximum Gasteiger partial charge on any atom is 0.222 e. The largest absolute Gasteiger partial charge is 0.493 e. The SMILES string of the molecule is COc1cc(-c2csc(=Nc3ccc(F)cc3)n2CCCN2CCCC2=O)cc(OC)c1OC. The number of rotatable bonds is 9. The van der Waals surface area contributed by atoms with Crippen molar-refractivity contribution in [3.8, 4) is 28.5 Å². The summed E-state index contributed by atoms with van der Waals surface area (Å²) in [6.07, 6.45) is 2.34. The summed E-state index contributed by atoms with van der Waals surface area (Å²) in [6, 6.07) is 9.92. The lowest BCUT2D eigenvalue weighted by Gasteiger charge is -2.17. The van der Waals surface area contributed by atoms with Gasteiger partial charge in [0.1, 0.15) is 5.82 Å². The molecule has 2 heterocycles. The van der Waals surface area contributed by atoms with Crippen molar-refractivity contribution in [3.63, 3.8) is 0 Å². The van der Waals surface area contributed by atoms with Crippen LogP contribution in [0.3, 0.4) is 0 Å². The Bertz CT molecular complexity index is 1190. The second-order valence-corrected chi connectivity index (χ2v) is 8.73. The zero-order chi connectivity index (χ0) is 24.1. The minimum absolute atomic E-state index is 0.219. The number of nitrogens with zero attached hydrogens (tertiary/aromatic N) is 3. The summed E-state index contributed by atoms with van der Waals surface area (Å²) in [5, 5.41) is 2.03. The van der Waals surface area contributed by atoms with Gasteiger partial charge in [-0.25, -0.2) is 9.38 Å². The van der Waals surface area contributed by atoms with Crippen LogP contribution >= 0.6 is 11.3 Å². The number of carbonyl (C=O) groups excluding carboxylic acids is 1. The molecule has 0 saturated carbocycles. The van der Waals surface area contributed by atoms with E-state index in [1.54, 1.807) is 33.5 Å². The number of ether oxygens (including phenoxy) is 3. The highest BCUT2D eigenvalue weighted by Crippen LogP contribution is 2.41. The average molecular weight is 486 g/mol. The van der Waals surface area contributed by atoms with Crippen LogP contribution in [0.25, 0.3) is 11.3 Å². The molecule has 1 aromatic heterocycles. The van der Waals surface area contributed by atoms with Crippen LogP contribution in [0.15, 0.2) is 46.8 Å². The van der Waals surface area contributed by atoms with E-state index < -0.39 is 0 Å². The number of halogens is 1. The minimum atomic E-state index is -0.300. The summed E-state index contributed by atoms with van der Waals surface area (Å²) in [7, 11) is 4.75. The Kier molecular flexibility index (Phi) is 7.52. The first kappa shape index (κ1) is 23.8. The number of carbonyl (C=O) groups is 1. The zero-order valence-electron chi connectivity index (χ0n) is 19.5. The molecule has 0 bridgehead atoms. The normalized spacial score (nSPS) is 14.1. The molecule has 7 nitrogen and oxygen atoms in total. The fourth-order valence-electron chi connectivity index (χ4n) is 4.08. The lowest BCUT2D eigenvalue weighted by Crippen LogP contribution is -2.27. The van der Waals surface area contributed by atoms with Crippen molar-refractivity contribution in [3.05, 3.63) is 52.4 Å². The maximum absolute atomic E-state index is 13.4. The van der Waals surface area contributed by atoms with E-state index in [-0.39, 0.29) is 11.7 Å². The van der Waals surface area contributed by atoms with Crippen molar-refractivity contribution in [2.45, 2.75) is 25.8 Å². The molecular weight excluding hydrogens is 457 g/mol. The second kappa shape index (κ2) is 10.7. The van der Waals surface area contributed by atoms with Crippen LogP contribution in [0.5, 0.6) is 17.2 Å². The molecule has 34 heavy (non-hydrogen) atoms. The zero-order valence-corrected chi connectivity index (χ0v) is 20.4. The second-order valence-electron chi connectivity index (χ2n) is 7.90. The topological polar surface area (TPSA) is 65.3 Å². The van der Waals surface area contributed by atoms with E-state index in [9.17, 15) is 9.18 Å². The van der Waals surface area contributed by atoms with Gasteiger partial charge in [-0.1, -0.05) is 0 Å². The van der Waals surface area contributed by atoms with Gasteiger partial charge < -0.3 is 23.7 Å². The molecule has 1 aliphatic rings. The highest BCUT2D eigenvalue weighted by atomic mass is 32.1. The van der Waals surface area contributed by atoms with Crippen LogP contribution in [0.2, 0.25) is 0 Å². The number of amides is 1. The van der Waals surface area contributed by atoms with Gasteiger partial charge in [0.2, 0.25) is 11.7 Å². The number of hydrogen-bond acceptors (Lipinski definition) is 6. The Balaban J connectivity index is 1.74. The molecule has 3 aromatic rings. The molecule has 9 heteroatoms. The van der Waals surface area contributed by atoms with Gasteiger partial charge in [0.25, 0.3) is 0 Å². The highest BCUT2D eigenvalue weighted by molar-refractivity contribution is 7.07. The lowest BCUT2D eigenvalue weighted by molar-refractivity contribution is -0.127. The number of thiazole rings is 1. The Morgan fingerprint density at radius 2 is 1.74 bits per heavy atom. The predicted octanol–water partition coefficient (Wildman–Crippen LogP) is 4.63. The van der Waals surface area contributed by atoms with Gasteiger partial charge in [-0.05, 0) is 49.2 Å². The number of methoxy groups -OCH3 is 3. The van der Waals surface area contributed by atoms with Crippen molar-refractivity contribution in [2.24, 2.45) is 4.99 Å². The quantitative estimate of drug-likeness (QED) is 0.443. The van der Waals surface area contributed by atoms with Crippen molar-refractivity contribution in [1.29, 1.82) is 0 Å².